The second-order valence-corrected chi connectivity index (χ2v) is 38.4. The molecule has 0 aromatic heterocycles. The molecule has 8 rings (SSSR count). The zero-order valence-corrected chi connectivity index (χ0v) is 80.8. The first-order valence-electron chi connectivity index (χ1n) is 51.0. The predicted molar refractivity (Wildman–Crippen MR) is 484 cm³/mol. The van der Waals surface area contributed by atoms with Gasteiger partial charge in [-0.1, -0.05) is 231 Å². The molecule has 8 aliphatic rings. The van der Waals surface area contributed by atoms with Gasteiger partial charge < -0.3 is 214 Å². The van der Waals surface area contributed by atoms with E-state index in [0.717, 1.165) is 58.3 Å². The molecule has 0 spiro atoms. The number of rotatable bonds is 65. The minimum Gasteiger partial charge on any atom is -0.394 e. The van der Waals surface area contributed by atoms with Crippen LogP contribution in [0.4, 0.5) is 0 Å². The van der Waals surface area contributed by atoms with Crippen molar-refractivity contribution >= 4 is 11.8 Å². The summed E-state index contributed by atoms with van der Waals surface area (Å²) in [6.45, 7) is -3.46. The molecule has 8 aliphatic heterocycles. The molecule has 0 radical (unpaired) electrons. The zero-order valence-electron chi connectivity index (χ0n) is 80.8. The Bertz CT molecular complexity index is 3290. The second-order valence-electron chi connectivity index (χ2n) is 38.4. The number of aliphatic hydroxyl groups is 25. The van der Waals surface area contributed by atoms with E-state index < -0.39 is 323 Å². The molecular formula is C94H170N2O43. The van der Waals surface area contributed by atoms with Crippen LogP contribution in [0.1, 0.15) is 252 Å². The van der Waals surface area contributed by atoms with Crippen molar-refractivity contribution in [3.8, 4) is 0 Å². The topological polar surface area (TPSA) is 712 Å². The predicted octanol–water partition coefficient (Wildman–Crippen LogP) is -3.80. The fraction of sp³-hybridized carbons (Fsp3) is 0.957. The molecular weight excluding hydrogens is 1850 g/mol. The number of hydrogen-bond acceptors (Lipinski definition) is 43. The SMILES string of the molecule is CCCCCCCCCCCCC/C=C/[C@@H](O)[C@H](CO[C@@H]1OC(CO)[C@@H](O[C@@H]2OC(CO)[C@H](O[C@@H]3OC(CO)[C@H](O)[C@H](O[C@H]4OC(CO)[C@H](O)[C@H](O[C@H]5OC(CO)[C@H](O)[C@H](O[C@H]6OC(CO)[C@H](O)[C@H](O[C@H]7OC(CO)[C@H](O)[C@H](O[C@@H]8OC(CO)[C@H](O)[C@H](O)C8NC(C)=O)C7O)C6O)C5O)C4O)C3O)[C@H](O)C2O)[C@H](O)C1O)NC(=O)CCCCCCCCCCCCCCCCCCCCCCCCC. The third-order valence-electron chi connectivity index (χ3n) is 27.6. The molecule has 0 bridgehead atoms. The van der Waals surface area contributed by atoms with Gasteiger partial charge in [0, 0.05) is 13.3 Å². The van der Waals surface area contributed by atoms with Crippen LogP contribution in [-0.4, -0.2) is 457 Å². The Labute approximate surface area is 813 Å². The molecule has 45 nitrogen and oxygen atoms in total. The molecule has 139 heavy (non-hydrogen) atoms. The first kappa shape index (κ1) is 121. The maximum Gasteiger partial charge on any atom is 0.220 e. The highest BCUT2D eigenvalue weighted by Crippen LogP contribution is 2.40. The number of aliphatic hydroxyl groups excluding tert-OH is 25. The quantitative estimate of drug-likeness (QED) is 0.0205. The highest BCUT2D eigenvalue weighted by atomic mass is 16.8. The van der Waals surface area contributed by atoms with E-state index in [2.05, 4.69) is 24.5 Å². The van der Waals surface area contributed by atoms with Crippen LogP contribution >= 0.6 is 0 Å². The van der Waals surface area contributed by atoms with Gasteiger partial charge in [0.15, 0.2) is 50.3 Å². The van der Waals surface area contributed by atoms with E-state index in [1.165, 1.54) is 161 Å². The van der Waals surface area contributed by atoms with Gasteiger partial charge in [0.25, 0.3) is 0 Å². The van der Waals surface area contributed by atoms with Crippen molar-refractivity contribution in [1.82, 2.24) is 10.6 Å². The lowest BCUT2D eigenvalue weighted by Gasteiger charge is -2.50. The Kier molecular flexibility index (Phi) is 56.2. The van der Waals surface area contributed by atoms with E-state index in [9.17, 15) is 137 Å². The van der Waals surface area contributed by atoms with E-state index in [1.54, 1.807) is 6.08 Å². The summed E-state index contributed by atoms with van der Waals surface area (Å²) >= 11 is 0. The molecule has 0 aromatic carbocycles. The van der Waals surface area contributed by atoms with Crippen LogP contribution in [0, 0.1) is 0 Å². The molecule has 8 heterocycles. The third kappa shape index (κ3) is 35.9. The highest BCUT2D eigenvalue weighted by molar-refractivity contribution is 5.76. The minimum absolute atomic E-state index is 0.163. The summed E-state index contributed by atoms with van der Waals surface area (Å²) < 4.78 is 93.1. The Balaban J connectivity index is 0.845. The van der Waals surface area contributed by atoms with Gasteiger partial charge in [0.1, 0.15) is 195 Å². The van der Waals surface area contributed by atoms with E-state index in [0.29, 0.717) is 12.8 Å². The number of ether oxygens (including phenoxy) is 16. The average molecular weight is 2020 g/mol. The van der Waals surface area contributed by atoms with Crippen molar-refractivity contribution in [3.63, 3.8) is 0 Å². The summed E-state index contributed by atoms with van der Waals surface area (Å²) in [4.78, 5) is 25.8. The molecule has 0 aliphatic carbocycles. The second kappa shape index (κ2) is 64.4. The monoisotopic (exact) mass is 2020 g/mol. The van der Waals surface area contributed by atoms with Crippen molar-refractivity contribution in [1.29, 1.82) is 0 Å². The lowest BCUT2D eigenvalue weighted by atomic mass is 9.94. The first-order chi connectivity index (χ1) is 66.9. The number of hydrogen-bond donors (Lipinski definition) is 27. The summed E-state index contributed by atoms with van der Waals surface area (Å²) in [7, 11) is 0. The molecule has 8 fully saturated rings. The maximum absolute atomic E-state index is 13.6. The van der Waals surface area contributed by atoms with Crippen LogP contribution in [0.3, 0.4) is 0 Å². The number of amides is 2. The summed E-state index contributed by atoms with van der Waals surface area (Å²) in [6, 6.07) is -2.72. The fourth-order valence-corrected chi connectivity index (χ4v) is 19.1. The van der Waals surface area contributed by atoms with Gasteiger partial charge in [-0.2, -0.15) is 0 Å². The molecule has 814 valence electrons. The smallest absolute Gasteiger partial charge is 0.220 e. The summed E-state index contributed by atoms with van der Waals surface area (Å²) in [5, 5.41) is 286. The van der Waals surface area contributed by atoms with Gasteiger partial charge in [0.05, 0.1) is 71.6 Å². The Hall–Kier alpha value is -2.96. The molecule has 45 heteroatoms. The largest absolute Gasteiger partial charge is 0.394 e. The zero-order chi connectivity index (χ0) is 101. The Morgan fingerprint density at radius 1 is 0.281 bits per heavy atom. The van der Waals surface area contributed by atoms with E-state index in [-0.39, 0.29) is 12.3 Å². The van der Waals surface area contributed by atoms with Crippen LogP contribution in [-0.2, 0) is 85.4 Å². The van der Waals surface area contributed by atoms with Crippen molar-refractivity contribution in [2.75, 3.05) is 59.5 Å². The van der Waals surface area contributed by atoms with Crippen LogP contribution in [0.15, 0.2) is 12.2 Å². The molecule has 8 saturated heterocycles. The van der Waals surface area contributed by atoms with Gasteiger partial charge in [-0.05, 0) is 19.3 Å². The third-order valence-corrected chi connectivity index (χ3v) is 27.6. The average Bonchev–Trinajstić information content (AvgIpc) is 0.747. The van der Waals surface area contributed by atoms with Crippen molar-refractivity contribution in [2.24, 2.45) is 0 Å². The number of unbranched alkanes of at least 4 members (excludes halogenated alkanes) is 33. The van der Waals surface area contributed by atoms with Crippen molar-refractivity contribution in [2.45, 2.75) is 510 Å². The first-order valence-corrected chi connectivity index (χ1v) is 51.0. The van der Waals surface area contributed by atoms with Crippen LogP contribution in [0.5, 0.6) is 0 Å². The van der Waals surface area contributed by atoms with Crippen molar-refractivity contribution in [3.05, 3.63) is 12.2 Å². The lowest BCUT2D eigenvalue weighted by Crippen LogP contribution is -2.69. The number of carbonyl (C=O) groups excluding carboxylic acids is 2. The maximum atomic E-state index is 13.6. The molecule has 16 unspecified atom stereocenters. The number of nitrogens with one attached hydrogen (secondary N) is 2. The van der Waals surface area contributed by atoms with E-state index in [4.69, 9.17) is 75.8 Å². The molecule has 42 atom stereocenters. The van der Waals surface area contributed by atoms with Gasteiger partial charge in [0.2, 0.25) is 11.8 Å². The fourth-order valence-electron chi connectivity index (χ4n) is 19.1. The Morgan fingerprint density at radius 2 is 0.525 bits per heavy atom. The van der Waals surface area contributed by atoms with Gasteiger partial charge in [-0.3, -0.25) is 9.59 Å². The summed E-state index contributed by atoms with van der Waals surface area (Å²) in [5.41, 5.74) is 0. The highest BCUT2D eigenvalue weighted by Gasteiger charge is 2.61. The standard InChI is InChI=1S/C94H170N2O43/c1-4-6-8-10-12-14-16-18-19-20-21-22-23-24-25-26-27-29-31-33-35-37-39-41-62(107)96-52(53(106)40-38-36-34-32-30-28-17-15-13-11-9-7-5-2)50-124-88-73(117)71(115)80(60(48-103)131-88)133-89-74(118)72(116)81(61(49-104)132-89)134-90-76(120)83(66(110)56(44-99)126-90)136-92-78(122)85(68(112)58(46-101)128-92)138-94-79(123)86(69(113)59(47-102)130-94)139-93-77(121)84(67(111)57(45-100)129-93)137-91-75(119)82(65(109)55(43-98)127-91)135-87-63(95-51(3)105)70(114)64(108)54(42-97)125-87/h38,40,52-61,63-94,97-104,106,108-123H,4-37,39,41-50H2,1-3H3,(H,95,105)(H,96,107)/b40-38+/t52-,53+,54?,55?,56?,57?,58?,59?,60?,61?,63?,64-,65-,66-,67-,68-,69-,70+,71+,72+,73?,74?,75?,76?,77?,78?,79?,80+,81-,82-,83-,84-,85-,86-,87-,88+,89-,90-,91+,92+,93+,94+/m0/s1. The van der Waals surface area contributed by atoms with Crippen LogP contribution in [0.25, 0.3) is 0 Å². The van der Waals surface area contributed by atoms with Gasteiger partial charge >= 0.3 is 0 Å². The molecule has 0 aromatic rings. The number of carbonyl (C=O) groups is 2. The van der Waals surface area contributed by atoms with Crippen LogP contribution < -0.4 is 10.6 Å². The molecule has 0 saturated carbocycles. The number of allylic oxidation sites excluding steroid dienone is 1. The van der Waals surface area contributed by atoms with Gasteiger partial charge in [-0.25, -0.2) is 0 Å². The molecule has 27 N–H and O–H groups in total. The normalized spacial score (nSPS) is 39.1. The minimum atomic E-state index is -2.40. The Morgan fingerprint density at radius 3 is 0.827 bits per heavy atom. The van der Waals surface area contributed by atoms with Crippen molar-refractivity contribution < 1.29 is 213 Å². The van der Waals surface area contributed by atoms with E-state index >= 15 is 0 Å². The van der Waals surface area contributed by atoms with E-state index in [1.807, 2.05) is 6.08 Å². The molecule has 2 amide bonds. The summed E-state index contributed by atoms with van der Waals surface area (Å²) in [5.74, 6) is -1.14. The summed E-state index contributed by atoms with van der Waals surface area (Å²) in [6.07, 6.45) is -36.0. The van der Waals surface area contributed by atoms with Crippen LogP contribution in [0.2, 0.25) is 0 Å². The lowest BCUT2D eigenvalue weighted by molar-refractivity contribution is -0.401. The van der Waals surface area contributed by atoms with Gasteiger partial charge in [-0.15, -0.1) is 0 Å².